The summed E-state index contributed by atoms with van der Waals surface area (Å²) < 4.78 is 4.83. The van der Waals surface area contributed by atoms with Gasteiger partial charge in [-0.2, -0.15) is 0 Å². The summed E-state index contributed by atoms with van der Waals surface area (Å²) in [5, 5.41) is 0. The normalized spacial score (nSPS) is 9.88. The van der Waals surface area contributed by atoms with Crippen LogP contribution in [0.3, 0.4) is 0 Å². The van der Waals surface area contributed by atoms with E-state index in [1.807, 2.05) is 11.9 Å². The number of anilines is 2. The molecule has 6 nitrogen and oxygen atoms in total. The summed E-state index contributed by atoms with van der Waals surface area (Å²) in [6.07, 6.45) is 3.38. The Morgan fingerprint density at radius 1 is 1.50 bits per heavy atom. The van der Waals surface area contributed by atoms with Crippen LogP contribution in [-0.2, 0) is 9.53 Å². The van der Waals surface area contributed by atoms with Gasteiger partial charge in [0.1, 0.15) is 11.6 Å². The lowest BCUT2D eigenvalue weighted by Gasteiger charge is -2.16. The Hall–Kier alpha value is -1.85. The van der Waals surface area contributed by atoms with Gasteiger partial charge in [-0.05, 0) is 6.92 Å². The van der Waals surface area contributed by atoms with Gasteiger partial charge in [0.2, 0.25) is 0 Å². The number of nitrogens with zero attached hydrogens (tertiary/aromatic N) is 3. The Balaban J connectivity index is 2.43. The van der Waals surface area contributed by atoms with E-state index in [4.69, 9.17) is 10.5 Å². The van der Waals surface area contributed by atoms with Gasteiger partial charge in [-0.15, -0.1) is 0 Å². The third kappa shape index (κ3) is 3.72. The maximum atomic E-state index is 11.1. The van der Waals surface area contributed by atoms with Gasteiger partial charge in [-0.1, -0.05) is 0 Å². The fourth-order valence-corrected chi connectivity index (χ4v) is 1.14. The van der Waals surface area contributed by atoms with Crippen molar-refractivity contribution in [2.45, 2.75) is 13.3 Å². The zero-order chi connectivity index (χ0) is 12.0. The second-order valence-electron chi connectivity index (χ2n) is 3.28. The highest BCUT2D eigenvalue weighted by molar-refractivity contribution is 5.70. The minimum Gasteiger partial charge on any atom is -0.466 e. The number of aromatic nitrogens is 2. The Morgan fingerprint density at radius 3 is 2.81 bits per heavy atom. The molecule has 1 aromatic rings. The van der Waals surface area contributed by atoms with Crippen molar-refractivity contribution in [3.8, 4) is 0 Å². The lowest BCUT2D eigenvalue weighted by molar-refractivity contribution is -0.142. The first-order chi connectivity index (χ1) is 7.63. The summed E-state index contributed by atoms with van der Waals surface area (Å²) in [7, 11) is 1.83. The van der Waals surface area contributed by atoms with E-state index in [1.165, 1.54) is 6.20 Å². The van der Waals surface area contributed by atoms with Gasteiger partial charge in [0.15, 0.2) is 0 Å². The van der Waals surface area contributed by atoms with Crippen molar-refractivity contribution in [2.24, 2.45) is 0 Å². The molecule has 1 heterocycles. The zero-order valence-electron chi connectivity index (χ0n) is 9.51. The molecule has 0 aromatic carbocycles. The molecule has 16 heavy (non-hydrogen) atoms. The van der Waals surface area contributed by atoms with Gasteiger partial charge in [0, 0.05) is 13.6 Å². The first-order valence-corrected chi connectivity index (χ1v) is 5.07. The van der Waals surface area contributed by atoms with Gasteiger partial charge < -0.3 is 15.4 Å². The van der Waals surface area contributed by atoms with Crippen molar-refractivity contribution in [2.75, 3.05) is 30.8 Å². The molecule has 0 aliphatic carbocycles. The van der Waals surface area contributed by atoms with Crippen LogP contribution < -0.4 is 10.6 Å². The average Bonchev–Trinajstić information content (AvgIpc) is 2.27. The number of ether oxygens (including phenoxy) is 1. The quantitative estimate of drug-likeness (QED) is 0.731. The number of carbonyl (C=O) groups is 1. The van der Waals surface area contributed by atoms with Crippen molar-refractivity contribution >= 4 is 17.6 Å². The minimum absolute atomic E-state index is 0.210. The summed E-state index contributed by atoms with van der Waals surface area (Å²) >= 11 is 0. The molecule has 0 spiro atoms. The molecule has 0 saturated heterocycles. The standard InChI is InChI=1S/C10H16N4O2/c1-3-16-10(15)4-5-14(2)9-7-12-8(11)6-13-9/h6-7H,3-5H2,1-2H3,(H2,11,12). The van der Waals surface area contributed by atoms with Gasteiger partial charge in [0.05, 0.1) is 25.4 Å². The molecule has 1 rings (SSSR count). The van der Waals surface area contributed by atoms with E-state index in [9.17, 15) is 4.79 Å². The second kappa shape index (κ2) is 5.89. The van der Waals surface area contributed by atoms with E-state index in [-0.39, 0.29) is 5.97 Å². The largest absolute Gasteiger partial charge is 0.466 e. The molecule has 6 heteroatoms. The van der Waals surface area contributed by atoms with Crippen LogP contribution in [0, 0.1) is 0 Å². The smallest absolute Gasteiger partial charge is 0.307 e. The molecule has 0 saturated carbocycles. The van der Waals surface area contributed by atoms with Crippen molar-refractivity contribution < 1.29 is 9.53 Å². The molecule has 1 aromatic heterocycles. The number of hydrogen-bond donors (Lipinski definition) is 1. The minimum atomic E-state index is -0.210. The molecule has 0 amide bonds. The maximum absolute atomic E-state index is 11.1. The number of nitrogens with two attached hydrogens (primary N) is 1. The van der Waals surface area contributed by atoms with Crippen LogP contribution in [0.25, 0.3) is 0 Å². The van der Waals surface area contributed by atoms with Crippen LogP contribution in [0.4, 0.5) is 11.6 Å². The Morgan fingerprint density at radius 2 is 2.25 bits per heavy atom. The SMILES string of the molecule is CCOC(=O)CCN(C)c1cnc(N)cn1. The Bertz CT molecular complexity index is 339. The van der Waals surface area contributed by atoms with E-state index < -0.39 is 0 Å². The number of esters is 1. The molecule has 0 radical (unpaired) electrons. The van der Waals surface area contributed by atoms with Crippen LogP contribution in [0.2, 0.25) is 0 Å². The molecule has 0 bridgehead atoms. The molecular formula is C10H16N4O2. The summed E-state index contributed by atoms with van der Waals surface area (Å²) in [4.78, 5) is 21.0. The molecule has 0 aliphatic heterocycles. The monoisotopic (exact) mass is 224 g/mol. The molecule has 88 valence electrons. The van der Waals surface area contributed by atoms with Gasteiger partial charge >= 0.3 is 5.97 Å². The topological polar surface area (TPSA) is 81.3 Å². The predicted octanol–water partition coefficient (Wildman–Crippen LogP) is 0.448. The number of nitrogen functional groups attached to an aromatic ring is 1. The number of carbonyl (C=O) groups excluding carboxylic acids is 1. The summed E-state index contributed by atoms with van der Waals surface area (Å²) in [6, 6.07) is 0. The van der Waals surface area contributed by atoms with Crippen molar-refractivity contribution in [3.05, 3.63) is 12.4 Å². The number of rotatable bonds is 5. The lowest BCUT2D eigenvalue weighted by Crippen LogP contribution is -2.23. The first kappa shape index (κ1) is 12.2. The van der Waals surface area contributed by atoms with Crippen LogP contribution in [0.15, 0.2) is 12.4 Å². The average molecular weight is 224 g/mol. The summed E-state index contributed by atoms with van der Waals surface area (Å²) in [5.74, 6) is 0.846. The lowest BCUT2D eigenvalue weighted by atomic mass is 10.4. The summed E-state index contributed by atoms with van der Waals surface area (Å²) in [5.41, 5.74) is 5.42. The molecular weight excluding hydrogens is 208 g/mol. The zero-order valence-corrected chi connectivity index (χ0v) is 9.51. The van der Waals surface area contributed by atoms with Crippen molar-refractivity contribution in [3.63, 3.8) is 0 Å². The van der Waals surface area contributed by atoms with E-state index in [2.05, 4.69) is 9.97 Å². The van der Waals surface area contributed by atoms with Gasteiger partial charge in [-0.3, -0.25) is 4.79 Å². The molecule has 0 aliphatic rings. The Labute approximate surface area is 94.4 Å². The number of hydrogen-bond acceptors (Lipinski definition) is 6. The Kier molecular flexibility index (Phi) is 4.50. The van der Waals surface area contributed by atoms with Crippen LogP contribution in [-0.4, -0.2) is 36.1 Å². The van der Waals surface area contributed by atoms with Crippen LogP contribution in [0.1, 0.15) is 13.3 Å². The summed E-state index contributed by atoms with van der Waals surface area (Å²) in [6.45, 7) is 2.73. The van der Waals surface area contributed by atoms with E-state index >= 15 is 0 Å². The highest BCUT2D eigenvalue weighted by Crippen LogP contribution is 2.07. The highest BCUT2D eigenvalue weighted by Gasteiger charge is 2.06. The highest BCUT2D eigenvalue weighted by atomic mass is 16.5. The molecule has 0 atom stereocenters. The van der Waals surface area contributed by atoms with E-state index in [0.717, 1.165) is 0 Å². The van der Waals surface area contributed by atoms with E-state index in [1.54, 1.807) is 13.1 Å². The van der Waals surface area contributed by atoms with Crippen LogP contribution >= 0.6 is 0 Å². The van der Waals surface area contributed by atoms with Gasteiger partial charge in [-0.25, -0.2) is 9.97 Å². The molecule has 0 fully saturated rings. The third-order valence-corrected chi connectivity index (χ3v) is 2.01. The molecule has 0 unspecified atom stereocenters. The van der Waals surface area contributed by atoms with Crippen molar-refractivity contribution in [1.29, 1.82) is 0 Å². The fraction of sp³-hybridized carbons (Fsp3) is 0.500. The maximum Gasteiger partial charge on any atom is 0.307 e. The van der Waals surface area contributed by atoms with Crippen LogP contribution in [0.5, 0.6) is 0 Å². The predicted molar refractivity (Wildman–Crippen MR) is 61.0 cm³/mol. The van der Waals surface area contributed by atoms with Gasteiger partial charge in [0.25, 0.3) is 0 Å². The molecule has 2 N–H and O–H groups in total. The third-order valence-electron chi connectivity index (χ3n) is 2.01. The fourth-order valence-electron chi connectivity index (χ4n) is 1.14. The van der Waals surface area contributed by atoms with Crippen molar-refractivity contribution in [1.82, 2.24) is 9.97 Å². The van der Waals surface area contributed by atoms with E-state index in [0.29, 0.717) is 31.2 Å². The first-order valence-electron chi connectivity index (χ1n) is 5.07. The second-order valence-corrected chi connectivity index (χ2v) is 3.28.